The molecule has 0 aliphatic heterocycles. The molecule has 118 valence electrons. The molecule has 0 saturated carbocycles. The Morgan fingerprint density at radius 3 is 2.50 bits per heavy atom. The van der Waals surface area contributed by atoms with Crippen LogP contribution in [0.25, 0.3) is 0 Å². The molecule has 0 aliphatic carbocycles. The molecule has 0 rings (SSSR count). The molecule has 4 N–H and O–H groups in total. The van der Waals surface area contributed by atoms with Crippen molar-refractivity contribution in [2.45, 2.75) is 19.8 Å². The first kappa shape index (κ1) is 18.8. The van der Waals surface area contributed by atoms with E-state index < -0.39 is 22.1 Å². The van der Waals surface area contributed by atoms with Crippen LogP contribution in [0.5, 0.6) is 0 Å². The average molecular weight is 311 g/mol. The van der Waals surface area contributed by atoms with Gasteiger partial charge in [0.1, 0.15) is 6.61 Å². The van der Waals surface area contributed by atoms with Gasteiger partial charge in [-0.15, -0.1) is 0 Å². The van der Waals surface area contributed by atoms with E-state index >= 15 is 0 Å². The minimum atomic E-state index is -3.87. The maximum Gasteiger partial charge on any atom is 0.302 e. The van der Waals surface area contributed by atoms with E-state index in [4.69, 9.17) is 10.5 Å². The second kappa shape index (κ2) is 10.5. The number of amides is 1. The molecule has 0 fully saturated rings. The van der Waals surface area contributed by atoms with Crippen molar-refractivity contribution >= 4 is 22.1 Å². The molecule has 0 aromatic carbocycles. The number of esters is 1. The van der Waals surface area contributed by atoms with Gasteiger partial charge in [0, 0.05) is 19.9 Å². The van der Waals surface area contributed by atoms with Crippen molar-refractivity contribution < 1.29 is 27.5 Å². The molecule has 0 spiro atoms. The topological polar surface area (TPSA) is 137 Å². The molecule has 0 aromatic heterocycles. The van der Waals surface area contributed by atoms with Gasteiger partial charge in [0.15, 0.2) is 0 Å². The van der Waals surface area contributed by atoms with Crippen molar-refractivity contribution in [3.05, 3.63) is 0 Å². The summed E-state index contributed by atoms with van der Waals surface area (Å²) in [6.07, 6.45) is 0.469. The van der Waals surface area contributed by atoms with Crippen LogP contribution in [-0.4, -0.2) is 53.2 Å². The van der Waals surface area contributed by atoms with E-state index in [2.05, 4.69) is 9.46 Å². The highest BCUT2D eigenvalue weighted by Crippen LogP contribution is 1.88. The van der Waals surface area contributed by atoms with Crippen LogP contribution < -0.4 is 15.2 Å². The Bertz CT molecular complexity index is 398. The van der Waals surface area contributed by atoms with Crippen LogP contribution in [0.2, 0.25) is 0 Å². The number of hydrogen-bond donors (Lipinski definition) is 3. The first-order valence-corrected chi connectivity index (χ1v) is 7.57. The number of nitrogens with two attached hydrogens (primary N) is 1. The van der Waals surface area contributed by atoms with Crippen LogP contribution in [0.15, 0.2) is 0 Å². The van der Waals surface area contributed by atoms with E-state index in [1.807, 2.05) is 4.72 Å². The maximum atomic E-state index is 11.4. The highest BCUT2D eigenvalue weighted by Gasteiger charge is 2.12. The quantitative estimate of drug-likeness (QED) is 0.304. The van der Waals surface area contributed by atoms with Gasteiger partial charge < -0.3 is 15.2 Å². The minimum Gasteiger partial charge on any atom is -0.463 e. The lowest BCUT2D eigenvalue weighted by Gasteiger charge is -2.08. The Morgan fingerprint density at radius 1 is 1.20 bits per heavy atom. The molecule has 10 heteroatoms. The first-order chi connectivity index (χ1) is 9.37. The zero-order valence-corrected chi connectivity index (χ0v) is 12.2. The Labute approximate surface area is 118 Å². The van der Waals surface area contributed by atoms with Crippen LogP contribution in [0.4, 0.5) is 0 Å². The summed E-state index contributed by atoms with van der Waals surface area (Å²) in [5.74, 6) is -1.02. The minimum absolute atomic E-state index is 0.000423. The lowest BCUT2D eigenvalue weighted by Crippen LogP contribution is -2.41. The maximum absolute atomic E-state index is 11.4. The monoisotopic (exact) mass is 311 g/mol. The number of ether oxygens (including phenoxy) is 2. The first-order valence-electron chi connectivity index (χ1n) is 6.09. The molecule has 0 aromatic rings. The van der Waals surface area contributed by atoms with Crippen molar-refractivity contribution in [2.24, 2.45) is 5.73 Å². The van der Waals surface area contributed by atoms with E-state index in [1.54, 1.807) is 0 Å². The number of carbonyl (C=O) groups is 2. The number of carbonyl (C=O) groups excluding carboxylic acids is 2. The molecular formula is C10H21N3O6S. The predicted octanol–water partition coefficient (Wildman–Crippen LogP) is -1.74. The zero-order chi connectivity index (χ0) is 15.4. The third-order valence-corrected chi connectivity index (χ3v) is 3.01. The van der Waals surface area contributed by atoms with E-state index in [0.29, 0.717) is 13.0 Å². The van der Waals surface area contributed by atoms with Gasteiger partial charge in [-0.25, -0.2) is 4.72 Å². The van der Waals surface area contributed by atoms with Crippen LogP contribution in [0.3, 0.4) is 0 Å². The van der Waals surface area contributed by atoms with E-state index in [-0.39, 0.29) is 32.8 Å². The summed E-state index contributed by atoms with van der Waals surface area (Å²) < 4.78 is 36.4. The molecule has 0 saturated heterocycles. The summed E-state index contributed by atoms with van der Waals surface area (Å²) >= 11 is 0. The summed E-state index contributed by atoms with van der Waals surface area (Å²) in [5, 5.41) is 0. The second-order valence-electron chi connectivity index (χ2n) is 3.77. The second-order valence-corrected chi connectivity index (χ2v) is 5.27. The molecule has 1 amide bonds. The predicted molar refractivity (Wildman–Crippen MR) is 70.8 cm³/mol. The van der Waals surface area contributed by atoms with Crippen LogP contribution >= 0.6 is 0 Å². The van der Waals surface area contributed by atoms with Gasteiger partial charge in [-0.2, -0.15) is 13.1 Å². The molecule has 0 unspecified atom stereocenters. The summed E-state index contributed by atoms with van der Waals surface area (Å²) in [6, 6.07) is 0. The van der Waals surface area contributed by atoms with E-state index in [9.17, 15) is 18.0 Å². The molecular weight excluding hydrogens is 290 g/mol. The van der Waals surface area contributed by atoms with E-state index in [1.165, 1.54) is 6.92 Å². The third kappa shape index (κ3) is 11.8. The lowest BCUT2D eigenvalue weighted by atomic mass is 10.3. The average Bonchev–Trinajstić information content (AvgIpc) is 2.34. The summed E-state index contributed by atoms with van der Waals surface area (Å²) in [7, 11) is -3.87. The molecule has 0 aliphatic rings. The van der Waals surface area contributed by atoms with Gasteiger partial charge in [0.2, 0.25) is 5.91 Å². The summed E-state index contributed by atoms with van der Waals surface area (Å²) in [6.45, 7) is 1.97. The van der Waals surface area contributed by atoms with Gasteiger partial charge in [-0.3, -0.25) is 9.59 Å². The van der Waals surface area contributed by atoms with E-state index in [0.717, 1.165) is 0 Å². The van der Waals surface area contributed by atoms with Crippen molar-refractivity contribution in [3.63, 3.8) is 0 Å². The van der Waals surface area contributed by atoms with Crippen molar-refractivity contribution in [1.29, 1.82) is 0 Å². The van der Waals surface area contributed by atoms with Crippen molar-refractivity contribution in [1.82, 2.24) is 9.44 Å². The number of hydrogen-bond acceptors (Lipinski definition) is 7. The lowest BCUT2D eigenvalue weighted by molar-refractivity contribution is -0.142. The highest BCUT2D eigenvalue weighted by atomic mass is 32.2. The highest BCUT2D eigenvalue weighted by molar-refractivity contribution is 7.88. The van der Waals surface area contributed by atoms with Gasteiger partial charge in [-0.1, -0.05) is 0 Å². The Kier molecular flexibility index (Phi) is 9.90. The Morgan fingerprint density at radius 2 is 1.90 bits per heavy atom. The van der Waals surface area contributed by atoms with Gasteiger partial charge >= 0.3 is 16.2 Å². The standard InChI is InChI=1S/C10H21N3O6S/c1-9(14)19-8-7-18-6-5-12-20(16,17)13-10(15)3-2-4-11/h12H,2-8,11H2,1H3,(H,13,15). The molecule has 0 atom stereocenters. The molecule has 9 nitrogen and oxygen atoms in total. The molecule has 20 heavy (non-hydrogen) atoms. The van der Waals surface area contributed by atoms with Gasteiger partial charge in [0.05, 0.1) is 13.2 Å². The fourth-order valence-electron chi connectivity index (χ4n) is 1.09. The summed E-state index contributed by atoms with van der Waals surface area (Å²) in [4.78, 5) is 21.6. The fraction of sp³-hybridized carbons (Fsp3) is 0.800. The molecule has 0 bridgehead atoms. The Hall–Kier alpha value is -1.23. The normalized spacial score (nSPS) is 11.1. The van der Waals surface area contributed by atoms with Gasteiger partial charge in [-0.05, 0) is 13.0 Å². The number of rotatable bonds is 11. The third-order valence-electron chi connectivity index (χ3n) is 1.93. The van der Waals surface area contributed by atoms with Crippen LogP contribution in [0.1, 0.15) is 19.8 Å². The van der Waals surface area contributed by atoms with Crippen LogP contribution in [0, 0.1) is 0 Å². The van der Waals surface area contributed by atoms with Crippen molar-refractivity contribution in [2.75, 3.05) is 32.9 Å². The molecule has 0 radical (unpaired) electrons. The number of nitrogens with one attached hydrogen (secondary N) is 2. The smallest absolute Gasteiger partial charge is 0.302 e. The van der Waals surface area contributed by atoms with Gasteiger partial charge in [0.25, 0.3) is 0 Å². The fourth-order valence-corrected chi connectivity index (χ4v) is 1.92. The summed E-state index contributed by atoms with van der Waals surface area (Å²) in [5.41, 5.74) is 5.20. The largest absolute Gasteiger partial charge is 0.463 e. The van der Waals surface area contributed by atoms with Crippen molar-refractivity contribution in [3.8, 4) is 0 Å². The SMILES string of the molecule is CC(=O)OCCOCCNS(=O)(=O)NC(=O)CCCN. The zero-order valence-electron chi connectivity index (χ0n) is 11.4. The molecule has 0 heterocycles. The van der Waals surface area contributed by atoms with Crippen LogP contribution in [-0.2, 0) is 29.3 Å². The Balaban J connectivity index is 3.67.